The Morgan fingerprint density at radius 2 is 1.93 bits per heavy atom. The van der Waals surface area contributed by atoms with E-state index in [2.05, 4.69) is 9.71 Å². The Labute approximate surface area is 179 Å². The van der Waals surface area contributed by atoms with E-state index in [1.54, 1.807) is 22.4 Å². The molecule has 0 bridgehead atoms. The molecule has 1 aromatic carbocycles. The van der Waals surface area contributed by atoms with Gasteiger partial charge in [-0.2, -0.15) is 0 Å². The first kappa shape index (κ1) is 20.8. The van der Waals surface area contributed by atoms with Gasteiger partial charge in [-0.1, -0.05) is 24.3 Å². The lowest BCUT2D eigenvalue weighted by Crippen LogP contribution is -2.46. The molecule has 1 amide bonds. The molecule has 1 fully saturated rings. The zero-order valence-corrected chi connectivity index (χ0v) is 18.2. The Morgan fingerprint density at radius 1 is 1.20 bits per heavy atom. The van der Waals surface area contributed by atoms with E-state index in [9.17, 15) is 13.2 Å². The third-order valence-corrected chi connectivity index (χ3v) is 8.08. The molecule has 1 aliphatic heterocycles. The smallest absolute Gasteiger partial charge is 0.250 e. The van der Waals surface area contributed by atoms with E-state index in [0.717, 1.165) is 5.56 Å². The molecule has 0 unspecified atom stereocenters. The fourth-order valence-electron chi connectivity index (χ4n) is 3.49. The standard InChI is InChI=1S/C21H23N3O4S2/c1-15-18(22-21(28-15)16-6-3-2-4-7-16)14-19(25)24-11-9-17(10-12-24)23-30(26,27)20-8-5-13-29-20/h2-8,13,17,23H,9-12,14H2,1H3. The Kier molecular flexibility index (Phi) is 6.03. The molecule has 0 saturated carbocycles. The van der Waals surface area contributed by atoms with Crippen molar-refractivity contribution in [1.82, 2.24) is 14.6 Å². The van der Waals surface area contributed by atoms with Crippen molar-refractivity contribution in [2.75, 3.05) is 13.1 Å². The summed E-state index contributed by atoms with van der Waals surface area (Å²) in [6, 6.07) is 12.7. The minimum Gasteiger partial charge on any atom is -0.441 e. The van der Waals surface area contributed by atoms with Crippen molar-refractivity contribution < 1.29 is 17.6 Å². The second kappa shape index (κ2) is 8.71. The van der Waals surface area contributed by atoms with Crippen molar-refractivity contribution in [2.24, 2.45) is 0 Å². The van der Waals surface area contributed by atoms with Gasteiger partial charge in [0.15, 0.2) is 0 Å². The van der Waals surface area contributed by atoms with Crippen LogP contribution in [0.15, 0.2) is 56.5 Å². The van der Waals surface area contributed by atoms with Gasteiger partial charge in [0.1, 0.15) is 9.97 Å². The zero-order valence-electron chi connectivity index (χ0n) is 16.6. The number of rotatable bonds is 6. The summed E-state index contributed by atoms with van der Waals surface area (Å²) in [6.45, 7) is 2.84. The van der Waals surface area contributed by atoms with Gasteiger partial charge in [-0.3, -0.25) is 4.79 Å². The number of aryl methyl sites for hydroxylation is 1. The minimum absolute atomic E-state index is 0.0226. The van der Waals surface area contributed by atoms with Crippen molar-refractivity contribution in [1.29, 1.82) is 0 Å². The predicted octanol–water partition coefficient (Wildman–Crippen LogP) is 3.22. The molecule has 158 valence electrons. The van der Waals surface area contributed by atoms with Crippen molar-refractivity contribution >= 4 is 27.3 Å². The van der Waals surface area contributed by atoms with E-state index in [1.807, 2.05) is 37.3 Å². The van der Waals surface area contributed by atoms with E-state index >= 15 is 0 Å². The Hall–Kier alpha value is -2.49. The molecule has 2 aromatic heterocycles. The summed E-state index contributed by atoms with van der Waals surface area (Å²) in [7, 11) is -3.49. The molecular weight excluding hydrogens is 422 g/mol. The molecule has 0 atom stereocenters. The lowest BCUT2D eigenvalue weighted by molar-refractivity contribution is -0.131. The van der Waals surface area contributed by atoms with Crippen LogP contribution < -0.4 is 4.72 Å². The number of likely N-dealkylation sites (tertiary alicyclic amines) is 1. The lowest BCUT2D eigenvalue weighted by atomic mass is 10.1. The number of piperidine rings is 1. The highest BCUT2D eigenvalue weighted by Crippen LogP contribution is 2.23. The molecule has 4 rings (SSSR count). The average Bonchev–Trinajstić information content (AvgIpc) is 3.40. The van der Waals surface area contributed by atoms with Crippen LogP contribution in [0.2, 0.25) is 0 Å². The number of hydrogen-bond donors (Lipinski definition) is 1. The number of benzene rings is 1. The van der Waals surface area contributed by atoms with Gasteiger partial charge in [0, 0.05) is 24.7 Å². The second-order valence-corrected chi connectivity index (χ2v) is 10.2. The number of carbonyl (C=O) groups excluding carboxylic acids is 1. The molecule has 0 aliphatic carbocycles. The normalized spacial score (nSPS) is 15.4. The molecule has 9 heteroatoms. The van der Waals surface area contributed by atoms with Crippen LogP contribution >= 0.6 is 11.3 Å². The minimum atomic E-state index is -3.49. The summed E-state index contributed by atoms with van der Waals surface area (Å²) in [5.74, 6) is 1.13. The summed E-state index contributed by atoms with van der Waals surface area (Å²) in [5, 5.41) is 1.74. The van der Waals surface area contributed by atoms with Crippen molar-refractivity contribution in [3.05, 3.63) is 59.3 Å². The molecule has 3 aromatic rings. The Balaban J connectivity index is 1.33. The molecule has 1 N–H and O–H groups in total. The Bertz CT molecular complexity index is 1100. The van der Waals surface area contributed by atoms with Crippen LogP contribution in [0.4, 0.5) is 0 Å². The van der Waals surface area contributed by atoms with Crippen LogP contribution in [0.1, 0.15) is 24.3 Å². The lowest BCUT2D eigenvalue weighted by Gasteiger charge is -2.32. The van der Waals surface area contributed by atoms with Crippen LogP contribution in [0, 0.1) is 6.92 Å². The van der Waals surface area contributed by atoms with Crippen LogP contribution in [-0.4, -0.2) is 43.3 Å². The van der Waals surface area contributed by atoms with Gasteiger partial charge in [-0.25, -0.2) is 18.1 Å². The summed E-state index contributed by atoms with van der Waals surface area (Å²) >= 11 is 1.20. The van der Waals surface area contributed by atoms with Gasteiger partial charge in [0.2, 0.25) is 21.8 Å². The van der Waals surface area contributed by atoms with Crippen molar-refractivity contribution in [3.8, 4) is 11.5 Å². The number of sulfonamides is 1. The SMILES string of the molecule is Cc1oc(-c2ccccc2)nc1CC(=O)N1CCC(NS(=O)(=O)c2cccs2)CC1. The van der Waals surface area contributed by atoms with Gasteiger partial charge < -0.3 is 9.32 Å². The fourth-order valence-corrected chi connectivity index (χ4v) is 5.81. The number of nitrogens with zero attached hydrogens (tertiary/aromatic N) is 2. The van der Waals surface area contributed by atoms with Crippen LogP contribution in [0.5, 0.6) is 0 Å². The average molecular weight is 446 g/mol. The third-order valence-electron chi connectivity index (χ3n) is 5.16. The number of carbonyl (C=O) groups is 1. The van der Waals surface area contributed by atoms with Gasteiger partial charge >= 0.3 is 0 Å². The first-order valence-corrected chi connectivity index (χ1v) is 12.1. The highest BCUT2D eigenvalue weighted by Gasteiger charge is 2.28. The van der Waals surface area contributed by atoms with Crippen LogP contribution in [-0.2, 0) is 21.2 Å². The molecule has 7 nitrogen and oxygen atoms in total. The number of aromatic nitrogens is 1. The maximum atomic E-state index is 12.8. The molecule has 3 heterocycles. The van der Waals surface area contributed by atoms with Crippen molar-refractivity contribution in [3.63, 3.8) is 0 Å². The summed E-state index contributed by atoms with van der Waals surface area (Å²) in [5.41, 5.74) is 1.51. The molecule has 30 heavy (non-hydrogen) atoms. The van der Waals surface area contributed by atoms with E-state index in [1.165, 1.54) is 11.3 Å². The Morgan fingerprint density at radius 3 is 2.60 bits per heavy atom. The molecular formula is C21H23N3O4S2. The topological polar surface area (TPSA) is 92.5 Å². The first-order valence-electron chi connectivity index (χ1n) is 9.78. The molecule has 1 aliphatic rings. The van der Waals surface area contributed by atoms with Gasteiger partial charge in [-0.05, 0) is 43.3 Å². The van der Waals surface area contributed by atoms with E-state index in [-0.39, 0.29) is 18.4 Å². The van der Waals surface area contributed by atoms with E-state index < -0.39 is 10.0 Å². The quantitative estimate of drug-likeness (QED) is 0.629. The van der Waals surface area contributed by atoms with Gasteiger partial charge in [-0.15, -0.1) is 11.3 Å². The highest BCUT2D eigenvalue weighted by atomic mass is 32.2. The number of thiophene rings is 1. The monoisotopic (exact) mass is 445 g/mol. The summed E-state index contributed by atoms with van der Waals surface area (Å²) in [4.78, 5) is 19.0. The summed E-state index contributed by atoms with van der Waals surface area (Å²) < 4.78 is 33.6. The second-order valence-electron chi connectivity index (χ2n) is 7.27. The number of amides is 1. The molecule has 0 radical (unpaired) electrons. The number of nitrogens with one attached hydrogen (secondary N) is 1. The van der Waals surface area contributed by atoms with E-state index in [4.69, 9.17) is 4.42 Å². The summed E-state index contributed by atoms with van der Waals surface area (Å²) in [6.07, 6.45) is 1.35. The van der Waals surface area contributed by atoms with Crippen molar-refractivity contribution in [2.45, 2.75) is 36.4 Å². The third kappa shape index (κ3) is 4.63. The maximum absolute atomic E-state index is 12.8. The number of oxazole rings is 1. The highest BCUT2D eigenvalue weighted by molar-refractivity contribution is 7.91. The molecule has 1 saturated heterocycles. The van der Waals surface area contributed by atoms with Crippen LogP contribution in [0.25, 0.3) is 11.5 Å². The fraction of sp³-hybridized carbons (Fsp3) is 0.333. The van der Waals surface area contributed by atoms with E-state index in [0.29, 0.717) is 47.5 Å². The maximum Gasteiger partial charge on any atom is 0.250 e. The van der Waals surface area contributed by atoms with Crippen LogP contribution in [0.3, 0.4) is 0 Å². The first-order chi connectivity index (χ1) is 14.4. The zero-order chi connectivity index (χ0) is 21.1. The molecule has 0 spiro atoms. The van der Waals surface area contributed by atoms with Gasteiger partial charge in [0.05, 0.1) is 12.1 Å². The van der Waals surface area contributed by atoms with Gasteiger partial charge in [0.25, 0.3) is 0 Å². The largest absolute Gasteiger partial charge is 0.441 e. The predicted molar refractivity (Wildman–Crippen MR) is 115 cm³/mol. The number of hydrogen-bond acceptors (Lipinski definition) is 6.